The second kappa shape index (κ2) is 5.49. The fourth-order valence-corrected chi connectivity index (χ4v) is 3.87. The minimum Gasteiger partial charge on any atom is -0.390 e. The van der Waals surface area contributed by atoms with Gasteiger partial charge in [-0.3, -0.25) is 4.79 Å². The highest BCUT2D eigenvalue weighted by atomic mass is 16.3. The maximum atomic E-state index is 12.7. The maximum Gasteiger partial charge on any atom is 0.224 e. The fraction of sp³-hybridized carbons (Fsp3) is 0.444. The molecular weight excluding hydrogens is 290 g/mol. The van der Waals surface area contributed by atoms with E-state index in [4.69, 9.17) is 0 Å². The molecule has 0 radical (unpaired) electrons. The molecule has 0 spiro atoms. The molecule has 1 heterocycles. The number of H-pyrrole nitrogens is 1. The van der Waals surface area contributed by atoms with Crippen molar-refractivity contribution in [3.8, 4) is 0 Å². The van der Waals surface area contributed by atoms with Crippen LogP contribution in [0.1, 0.15) is 40.8 Å². The van der Waals surface area contributed by atoms with Crippen LogP contribution in [0.25, 0.3) is 0 Å². The highest BCUT2D eigenvalue weighted by molar-refractivity contribution is 5.80. The van der Waals surface area contributed by atoms with Gasteiger partial charge in [0.05, 0.1) is 17.8 Å². The Balaban J connectivity index is 1.49. The monoisotopic (exact) mass is 311 g/mol. The van der Waals surface area contributed by atoms with Gasteiger partial charge in [0, 0.05) is 24.5 Å². The number of nitrogens with one attached hydrogen (secondary N) is 2. The molecule has 2 aliphatic rings. The zero-order valence-electron chi connectivity index (χ0n) is 13.2. The predicted molar refractivity (Wildman–Crippen MR) is 85.9 cm³/mol. The van der Waals surface area contributed by atoms with E-state index in [9.17, 15) is 9.90 Å². The molecule has 0 saturated heterocycles. The summed E-state index contributed by atoms with van der Waals surface area (Å²) in [6, 6.07) is 7.65. The number of fused-ring (bicyclic) bond motifs is 2. The van der Waals surface area contributed by atoms with Gasteiger partial charge in [0.25, 0.3) is 0 Å². The van der Waals surface area contributed by atoms with E-state index in [0.29, 0.717) is 12.8 Å². The van der Waals surface area contributed by atoms with Crippen molar-refractivity contribution in [2.45, 2.75) is 44.8 Å². The standard InChI is InChI=1S/C18H21N3O2/c1-10-19-14-7-6-12(8-15(14)20-10)18(23)21-17-13-5-3-2-4-11(13)9-16(17)22/h2-5,12,16-17,22H,6-9H2,1H3,(H,19,20)(H,21,23)/t12-,16+,17+/m1/s1. The molecule has 5 nitrogen and oxygen atoms in total. The SMILES string of the molecule is Cc1nc2c([nH]1)C[C@H](C(=O)N[C@H]1c3ccccc3C[C@@H]1O)CC2. The molecule has 2 aliphatic carbocycles. The summed E-state index contributed by atoms with van der Waals surface area (Å²) in [6.07, 6.45) is 2.42. The molecule has 3 N–H and O–H groups in total. The van der Waals surface area contributed by atoms with E-state index in [2.05, 4.69) is 15.3 Å². The molecule has 5 heteroatoms. The van der Waals surface area contributed by atoms with Crippen LogP contribution in [0, 0.1) is 12.8 Å². The molecule has 0 fully saturated rings. The van der Waals surface area contributed by atoms with Gasteiger partial charge in [-0.25, -0.2) is 4.98 Å². The minimum atomic E-state index is -0.537. The third-order valence-electron chi connectivity index (χ3n) is 5.04. The van der Waals surface area contributed by atoms with E-state index in [1.165, 1.54) is 0 Å². The zero-order chi connectivity index (χ0) is 16.0. The molecule has 23 heavy (non-hydrogen) atoms. The number of benzene rings is 1. The van der Waals surface area contributed by atoms with E-state index in [1.807, 2.05) is 31.2 Å². The molecule has 0 saturated carbocycles. The molecule has 3 atom stereocenters. The Morgan fingerprint density at radius 2 is 2.17 bits per heavy atom. The largest absolute Gasteiger partial charge is 0.390 e. The molecule has 120 valence electrons. The first-order chi connectivity index (χ1) is 11.1. The number of aryl methyl sites for hydroxylation is 2. The van der Waals surface area contributed by atoms with Gasteiger partial charge in [-0.1, -0.05) is 24.3 Å². The van der Waals surface area contributed by atoms with Crippen LogP contribution in [0.5, 0.6) is 0 Å². The van der Waals surface area contributed by atoms with Gasteiger partial charge in [-0.05, 0) is 30.9 Å². The van der Waals surface area contributed by atoms with Crippen LogP contribution in [-0.4, -0.2) is 27.1 Å². The smallest absolute Gasteiger partial charge is 0.224 e. The highest BCUT2D eigenvalue weighted by Crippen LogP contribution is 2.32. The lowest BCUT2D eigenvalue weighted by Crippen LogP contribution is -2.39. The predicted octanol–water partition coefficient (Wildman–Crippen LogP) is 1.60. The van der Waals surface area contributed by atoms with Gasteiger partial charge in [0.2, 0.25) is 5.91 Å². The molecular formula is C18H21N3O2. The second-order valence-electron chi connectivity index (χ2n) is 6.64. The first-order valence-corrected chi connectivity index (χ1v) is 8.22. The third kappa shape index (κ3) is 2.55. The van der Waals surface area contributed by atoms with E-state index in [-0.39, 0.29) is 17.9 Å². The van der Waals surface area contributed by atoms with E-state index < -0.39 is 6.10 Å². The summed E-state index contributed by atoms with van der Waals surface area (Å²) >= 11 is 0. The highest BCUT2D eigenvalue weighted by Gasteiger charge is 2.34. The summed E-state index contributed by atoms with van der Waals surface area (Å²) in [7, 11) is 0. The van der Waals surface area contributed by atoms with Gasteiger partial charge in [-0.2, -0.15) is 0 Å². The fourth-order valence-electron chi connectivity index (χ4n) is 3.87. The van der Waals surface area contributed by atoms with Crippen LogP contribution < -0.4 is 5.32 Å². The topological polar surface area (TPSA) is 78.0 Å². The molecule has 0 aliphatic heterocycles. The number of aliphatic hydroxyl groups excluding tert-OH is 1. The Morgan fingerprint density at radius 3 is 3.04 bits per heavy atom. The van der Waals surface area contributed by atoms with Crippen molar-refractivity contribution < 1.29 is 9.90 Å². The molecule has 1 aromatic heterocycles. The number of imidazole rings is 1. The van der Waals surface area contributed by atoms with Crippen molar-refractivity contribution in [2.24, 2.45) is 5.92 Å². The number of rotatable bonds is 2. The second-order valence-corrected chi connectivity index (χ2v) is 6.64. The summed E-state index contributed by atoms with van der Waals surface area (Å²) < 4.78 is 0. The number of aromatic amines is 1. The average molecular weight is 311 g/mol. The number of aromatic nitrogens is 2. The van der Waals surface area contributed by atoms with Crippen LogP contribution in [0.3, 0.4) is 0 Å². The molecule has 4 rings (SSSR count). The normalized spacial score (nSPS) is 25.7. The minimum absolute atomic E-state index is 0.0312. The molecule has 1 aromatic carbocycles. The number of carbonyl (C=O) groups is 1. The summed E-state index contributed by atoms with van der Waals surface area (Å²) in [4.78, 5) is 20.4. The van der Waals surface area contributed by atoms with Gasteiger partial charge in [0.1, 0.15) is 5.82 Å². The van der Waals surface area contributed by atoms with Gasteiger partial charge >= 0.3 is 0 Å². The van der Waals surface area contributed by atoms with Gasteiger partial charge in [-0.15, -0.1) is 0 Å². The lowest BCUT2D eigenvalue weighted by atomic mass is 9.89. The van der Waals surface area contributed by atoms with Crippen molar-refractivity contribution in [3.63, 3.8) is 0 Å². The quantitative estimate of drug-likeness (QED) is 0.788. The van der Waals surface area contributed by atoms with Crippen LogP contribution in [0.15, 0.2) is 24.3 Å². The van der Waals surface area contributed by atoms with E-state index in [1.54, 1.807) is 0 Å². The van der Waals surface area contributed by atoms with E-state index in [0.717, 1.165) is 41.2 Å². The number of hydrogen-bond acceptors (Lipinski definition) is 3. The van der Waals surface area contributed by atoms with Crippen molar-refractivity contribution in [1.82, 2.24) is 15.3 Å². The number of nitrogens with zero attached hydrogens (tertiary/aromatic N) is 1. The first-order valence-electron chi connectivity index (χ1n) is 8.22. The number of carbonyl (C=O) groups excluding carboxylic acids is 1. The number of amides is 1. The third-order valence-corrected chi connectivity index (χ3v) is 5.04. The van der Waals surface area contributed by atoms with Crippen LogP contribution >= 0.6 is 0 Å². The Kier molecular flexibility index (Phi) is 3.45. The average Bonchev–Trinajstić information content (AvgIpc) is 3.06. The molecule has 1 amide bonds. The Labute approximate surface area is 135 Å². The van der Waals surface area contributed by atoms with Crippen molar-refractivity contribution in [2.75, 3.05) is 0 Å². The molecule has 2 aromatic rings. The Hall–Kier alpha value is -2.14. The summed E-state index contributed by atoms with van der Waals surface area (Å²) in [6.45, 7) is 1.94. The first kappa shape index (κ1) is 14.5. The van der Waals surface area contributed by atoms with Crippen LogP contribution in [-0.2, 0) is 24.1 Å². The van der Waals surface area contributed by atoms with Crippen molar-refractivity contribution >= 4 is 5.91 Å². The van der Waals surface area contributed by atoms with Gasteiger partial charge in [0.15, 0.2) is 0 Å². The number of hydrogen-bond donors (Lipinski definition) is 3. The molecule has 0 bridgehead atoms. The summed E-state index contributed by atoms with van der Waals surface area (Å²) in [5, 5.41) is 13.4. The Morgan fingerprint density at radius 1 is 1.35 bits per heavy atom. The lowest BCUT2D eigenvalue weighted by molar-refractivity contribution is -0.126. The van der Waals surface area contributed by atoms with Crippen molar-refractivity contribution in [3.05, 3.63) is 52.6 Å². The van der Waals surface area contributed by atoms with Crippen molar-refractivity contribution in [1.29, 1.82) is 0 Å². The van der Waals surface area contributed by atoms with E-state index >= 15 is 0 Å². The van der Waals surface area contributed by atoms with Gasteiger partial charge < -0.3 is 15.4 Å². The van der Waals surface area contributed by atoms with Crippen LogP contribution in [0.2, 0.25) is 0 Å². The lowest BCUT2D eigenvalue weighted by Gasteiger charge is -2.24. The summed E-state index contributed by atoms with van der Waals surface area (Å²) in [5.74, 6) is 0.891. The Bertz CT molecular complexity index is 752. The zero-order valence-corrected chi connectivity index (χ0v) is 13.2. The summed E-state index contributed by atoms with van der Waals surface area (Å²) in [5.41, 5.74) is 4.35. The maximum absolute atomic E-state index is 12.7. The van der Waals surface area contributed by atoms with Crippen LogP contribution in [0.4, 0.5) is 0 Å². The number of aliphatic hydroxyl groups is 1. The molecule has 0 unspecified atom stereocenters.